The number of thiazole rings is 1. The predicted octanol–water partition coefficient (Wildman–Crippen LogP) is 4.06. The molecule has 1 heterocycles. The maximum absolute atomic E-state index is 11.9. The van der Waals surface area contributed by atoms with Crippen LogP contribution >= 0.6 is 23.1 Å². The Bertz CT molecular complexity index is 620. The third-order valence-corrected chi connectivity index (χ3v) is 5.17. The number of hydrogen-bond acceptors (Lipinski definition) is 4. The summed E-state index contributed by atoms with van der Waals surface area (Å²) < 4.78 is 0. The van der Waals surface area contributed by atoms with E-state index in [2.05, 4.69) is 28.7 Å². The molecule has 3 rings (SSSR count). The smallest absolute Gasteiger partial charge is 0.236 e. The second-order valence-electron chi connectivity index (χ2n) is 4.95. The lowest BCUT2D eigenvalue weighted by Gasteiger charge is -2.04. The number of benzene rings is 1. The van der Waals surface area contributed by atoms with Crippen LogP contribution in [0.15, 0.2) is 34.5 Å². The van der Waals surface area contributed by atoms with Gasteiger partial charge >= 0.3 is 0 Å². The Balaban J connectivity index is 1.52. The van der Waals surface area contributed by atoms with Crippen LogP contribution in [0.3, 0.4) is 0 Å². The molecule has 1 fully saturated rings. The van der Waals surface area contributed by atoms with E-state index in [4.69, 9.17) is 0 Å². The third-order valence-electron chi connectivity index (χ3n) is 3.22. The van der Waals surface area contributed by atoms with Crippen molar-refractivity contribution in [2.24, 2.45) is 0 Å². The van der Waals surface area contributed by atoms with Gasteiger partial charge in [-0.2, -0.15) is 0 Å². The fourth-order valence-corrected chi connectivity index (χ4v) is 3.56. The highest BCUT2D eigenvalue weighted by atomic mass is 32.2. The molecule has 1 aliphatic carbocycles. The van der Waals surface area contributed by atoms with E-state index in [1.54, 1.807) is 11.8 Å². The van der Waals surface area contributed by atoms with E-state index in [0.29, 0.717) is 11.7 Å². The Morgan fingerprint density at radius 1 is 1.45 bits per heavy atom. The van der Waals surface area contributed by atoms with Gasteiger partial charge in [0.15, 0.2) is 5.13 Å². The standard InChI is InChI=1S/C15H16N2OS2/c1-10-4-2-3-5-13(10)19-9-14(18)17-15-16-12(8-20-15)11-6-7-11/h2-5,8,11H,6-7,9H2,1H3,(H,16,17,18). The van der Waals surface area contributed by atoms with Gasteiger partial charge in [0.25, 0.3) is 0 Å². The molecule has 0 atom stereocenters. The van der Waals surface area contributed by atoms with Crippen LogP contribution in [0.1, 0.15) is 30.0 Å². The first-order valence-corrected chi connectivity index (χ1v) is 8.52. The molecule has 1 saturated carbocycles. The monoisotopic (exact) mass is 304 g/mol. The van der Waals surface area contributed by atoms with Crippen LogP contribution in [-0.2, 0) is 4.79 Å². The van der Waals surface area contributed by atoms with Crippen molar-refractivity contribution < 1.29 is 4.79 Å². The van der Waals surface area contributed by atoms with Crippen LogP contribution in [-0.4, -0.2) is 16.6 Å². The highest BCUT2D eigenvalue weighted by Gasteiger charge is 2.26. The predicted molar refractivity (Wildman–Crippen MR) is 84.6 cm³/mol. The van der Waals surface area contributed by atoms with Gasteiger partial charge < -0.3 is 5.32 Å². The van der Waals surface area contributed by atoms with Crippen molar-refractivity contribution in [3.63, 3.8) is 0 Å². The molecule has 1 aromatic heterocycles. The molecule has 1 amide bonds. The first-order valence-electron chi connectivity index (χ1n) is 6.66. The van der Waals surface area contributed by atoms with Crippen molar-refractivity contribution in [1.82, 2.24) is 4.98 Å². The highest BCUT2D eigenvalue weighted by molar-refractivity contribution is 8.00. The molecule has 1 aliphatic rings. The van der Waals surface area contributed by atoms with Crippen molar-refractivity contribution in [3.05, 3.63) is 40.9 Å². The van der Waals surface area contributed by atoms with Crippen LogP contribution in [0.25, 0.3) is 0 Å². The Hall–Kier alpha value is -1.33. The topological polar surface area (TPSA) is 42.0 Å². The summed E-state index contributed by atoms with van der Waals surface area (Å²) in [5.74, 6) is 1.07. The molecule has 1 aromatic carbocycles. The number of nitrogens with one attached hydrogen (secondary N) is 1. The van der Waals surface area contributed by atoms with E-state index in [-0.39, 0.29) is 5.91 Å². The van der Waals surface area contributed by atoms with Gasteiger partial charge in [0.2, 0.25) is 5.91 Å². The lowest BCUT2D eigenvalue weighted by atomic mass is 10.2. The number of nitrogens with zero attached hydrogens (tertiary/aromatic N) is 1. The number of anilines is 1. The second kappa shape index (κ2) is 5.97. The van der Waals surface area contributed by atoms with Crippen LogP contribution in [0, 0.1) is 6.92 Å². The first kappa shape index (κ1) is 13.6. The van der Waals surface area contributed by atoms with Crippen molar-refractivity contribution in [2.75, 3.05) is 11.1 Å². The van der Waals surface area contributed by atoms with E-state index in [0.717, 1.165) is 15.7 Å². The van der Waals surface area contributed by atoms with Crippen molar-refractivity contribution in [3.8, 4) is 0 Å². The number of aryl methyl sites for hydroxylation is 1. The van der Waals surface area contributed by atoms with E-state index >= 15 is 0 Å². The Kier molecular flexibility index (Phi) is 4.08. The summed E-state index contributed by atoms with van der Waals surface area (Å²) in [5.41, 5.74) is 2.34. The molecule has 104 valence electrons. The van der Waals surface area contributed by atoms with Gasteiger partial charge in [0, 0.05) is 16.2 Å². The zero-order chi connectivity index (χ0) is 13.9. The molecule has 2 aromatic rings. The zero-order valence-electron chi connectivity index (χ0n) is 11.3. The summed E-state index contributed by atoms with van der Waals surface area (Å²) in [4.78, 5) is 17.5. The minimum absolute atomic E-state index is 0.00921. The molecule has 0 aliphatic heterocycles. The molecule has 0 spiro atoms. The van der Waals surface area contributed by atoms with Gasteiger partial charge in [-0.25, -0.2) is 4.98 Å². The third kappa shape index (κ3) is 3.41. The van der Waals surface area contributed by atoms with Crippen LogP contribution in [0.2, 0.25) is 0 Å². The van der Waals surface area contributed by atoms with Gasteiger partial charge in [0.1, 0.15) is 0 Å². The SMILES string of the molecule is Cc1ccccc1SCC(=O)Nc1nc(C2CC2)cs1. The van der Waals surface area contributed by atoms with E-state index in [9.17, 15) is 4.79 Å². The summed E-state index contributed by atoms with van der Waals surface area (Å²) in [7, 11) is 0. The minimum Gasteiger partial charge on any atom is -0.301 e. The Morgan fingerprint density at radius 2 is 2.25 bits per heavy atom. The number of aromatic nitrogens is 1. The Morgan fingerprint density at radius 3 is 3.00 bits per heavy atom. The van der Waals surface area contributed by atoms with Crippen molar-refractivity contribution >= 4 is 34.1 Å². The average molecular weight is 304 g/mol. The van der Waals surface area contributed by atoms with Gasteiger partial charge in [-0.15, -0.1) is 23.1 Å². The van der Waals surface area contributed by atoms with E-state index in [1.807, 2.05) is 18.2 Å². The number of carbonyl (C=O) groups is 1. The molecular weight excluding hydrogens is 288 g/mol. The molecule has 5 heteroatoms. The molecule has 0 unspecified atom stereocenters. The number of carbonyl (C=O) groups excluding carboxylic acids is 1. The lowest BCUT2D eigenvalue weighted by molar-refractivity contribution is -0.113. The molecule has 20 heavy (non-hydrogen) atoms. The van der Waals surface area contributed by atoms with Crippen LogP contribution < -0.4 is 5.32 Å². The summed E-state index contributed by atoms with van der Waals surface area (Å²) in [5, 5.41) is 5.66. The van der Waals surface area contributed by atoms with Gasteiger partial charge in [-0.3, -0.25) is 4.79 Å². The summed E-state index contributed by atoms with van der Waals surface area (Å²) in [6.45, 7) is 2.06. The first-order chi connectivity index (χ1) is 9.72. The highest BCUT2D eigenvalue weighted by Crippen LogP contribution is 2.40. The number of hydrogen-bond donors (Lipinski definition) is 1. The van der Waals surface area contributed by atoms with Crippen molar-refractivity contribution in [1.29, 1.82) is 0 Å². The minimum atomic E-state index is 0.00921. The molecule has 0 radical (unpaired) electrons. The van der Waals surface area contributed by atoms with E-state index < -0.39 is 0 Å². The van der Waals surface area contributed by atoms with Gasteiger partial charge in [-0.1, -0.05) is 18.2 Å². The van der Waals surface area contributed by atoms with Crippen LogP contribution in [0.5, 0.6) is 0 Å². The van der Waals surface area contributed by atoms with Gasteiger partial charge in [-0.05, 0) is 31.4 Å². The normalized spacial score (nSPS) is 14.2. The summed E-state index contributed by atoms with van der Waals surface area (Å²) in [6, 6.07) is 8.11. The molecule has 3 nitrogen and oxygen atoms in total. The Labute approximate surface area is 126 Å². The van der Waals surface area contributed by atoms with Crippen LogP contribution in [0.4, 0.5) is 5.13 Å². The average Bonchev–Trinajstić information content (AvgIpc) is 3.19. The fraction of sp³-hybridized carbons (Fsp3) is 0.333. The lowest BCUT2D eigenvalue weighted by Crippen LogP contribution is -2.13. The molecule has 0 bridgehead atoms. The maximum Gasteiger partial charge on any atom is 0.236 e. The molecule has 1 N–H and O–H groups in total. The summed E-state index contributed by atoms with van der Waals surface area (Å²) >= 11 is 3.08. The quantitative estimate of drug-likeness (QED) is 0.847. The van der Waals surface area contributed by atoms with E-state index in [1.165, 1.54) is 29.7 Å². The summed E-state index contributed by atoms with van der Waals surface area (Å²) in [6.07, 6.45) is 2.47. The number of rotatable bonds is 5. The largest absolute Gasteiger partial charge is 0.301 e. The maximum atomic E-state index is 11.9. The van der Waals surface area contributed by atoms with Crippen molar-refractivity contribution in [2.45, 2.75) is 30.6 Å². The fourth-order valence-electron chi connectivity index (χ4n) is 1.93. The second-order valence-corrected chi connectivity index (χ2v) is 6.83. The molecule has 0 saturated heterocycles. The van der Waals surface area contributed by atoms with Gasteiger partial charge in [0.05, 0.1) is 11.4 Å². The zero-order valence-corrected chi connectivity index (χ0v) is 12.9. The number of amides is 1. The molecular formula is C15H16N2OS2. The number of thioether (sulfide) groups is 1.